The fourth-order valence-electron chi connectivity index (χ4n) is 2.73. The molecule has 2 aromatic carbocycles. The van der Waals surface area contributed by atoms with Gasteiger partial charge in [0.2, 0.25) is 5.82 Å². The summed E-state index contributed by atoms with van der Waals surface area (Å²) in [5, 5.41) is 16.8. The maximum Gasteiger partial charge on any atom is 0.452 e. The Kier molecular flexibility index (Phi) is 4.64. The summed E-state index contributed by atoms with van der Waals surface area (Å²) in [6.07, 6.45) is -4.77. The highest BCUT2D eigenvalue weighted by atomic mass is 35.5. The van der Waals surface area contributed by atoms with Crippen molar-refractivity contribution in [3.8, 4) is 0 Å². The van der Waals surface area contributed by atoms with Crippen LogP contribution < -0.4 is 0 Å². The number of fused-ring (bicyclic) bond motifs is 3. The summed E-state index contributed by atoms with van der Waals surface area (Å²) >= 11 is 7.01. The Labute approximate surface area is 164 Å². The smallest absolute Gasteiger partial charge is 0.392 e. The predicted octanol–water partition coefficient (Wildman–Crippen LogP) is 4.73. The number of aliphatic hydroxyl groups is 1. The number of nitrogens with zero attached hydrogens (tertiary/aromatic N) is 4. The number of rotatable bonds is 3. The Hall–Kier alpha value is -2.43. The van der Waals surface area contributed by atoms with Crippen LogP contribution in [-0.4, -0.2) is 24.7 Å². The molecule has 0 spiro atoms. The standard InChI is InChI=1S/C17H9ClF4N4OS/c18-9-5-8(7-27)13-12(6-9)26-14(24-25-16(26)17(20,21)22)15(23-13)28-11-3-1-10(19)2-4-11/h1-6,27H,7H2. The van der Waals surface area contributed by atoms with Crippen molar-refractivity contribution in [2.75, 3.05) is 0 Å². The molecule has 11 heteroatoms. The maximum absolute atomic E-state index is 13.5. The summed E-state index contributed by atoms with van der Waals surface area (Å²) in [5.41, 5.74) is 0.286. The van der Waals surface area contributed by atoms with E-state index in [4.69, 9.17) is 11.6 Å². The first kappa shape index (κ1) is 18.9. The Morgan fingerprint density at radius 2 is 1.82 bits per heavy atom. The summed E-state index contributed by atoms with van der Waals surface area (Å²) in [6.45, 7) is -0.473. The third-order valence-electron chi connectivity index (χ3n) is 3.89. The van der Waals surface area contributed by atoms with Crippen molar-refractivity contribution in [3.05, 3.63) is 58.6 Å². The lowest BCUT2D eigenvalue weighted by Gasteiger charge is -2.12. The number of aromatic nitrogens is 4. The van der Waals surface area contributed by atoms with E-state index in [0.717, 1.165) is 16.2 Å². The van der Waals surface area contributed by atoms with Crippen LogP contribution in [0.15, 0.2) is 46.3 Å². The second-order valence-corrected chi connectivity index (χ2v) is 7.24. The van der Waals surface area contributed by atoms with Crippen LogP contribution in [0.3, 0.4) is 0 Å². The molecule has 0 saturated carbocycles. The van der Waals surface area contributed by atoms with E-state index in [2.05, 4.69) is 15.2 Å². The molecule has 0 atom stereocenters. The lowest BCUT2D eigenvalue weighted by molar-refractivity contribution is -0.145. The van der Waals surface area contributed by atoms with Crippen molar-refractivity contribution in [1.82, 2.24) is 19.6 Å². The normalized spacial score (nSPS) is 12.2. The molecule has 5 nitrogen and oxygen atoms in total. The third-order valence-corrected chi connectivity index (χ3v) is 5.09. The molecular formula is C17H9ClF4N4OS. The molecule has 0 bridgehead atoms. The monoisotopic (exact) mass is 428 g/mol. The molecule has 0 aliphatic rings. The van der Waals surface area contributed by atoms with Gasteiger partial charge in [-0.3, -0.25) is 4.40 Å². The van der Waals surface area contributed by atoms with E-state index in [1.54, 1.807) is 0 Å². The fourth-order valence-corrected chi connectivity index (χ4v) is 3.82. The van der Waals surface area contributed by atoms with Gasteiger partial charge in [-0.05, 0) is 36.4 Å². The Balaban J connectivity index is 2.05. The van der Waals surface area contributed by atoms with Crippen molar-refractivity contribution >= 4 is 40.0 Å². The average Bonchev–Trinajstić information content (AvgIpc) is 3.10. The zero-order valence-corrected chi connectivity index (χ0v) is 15.3. The maximum atomic E-state index is 13.5. The highest BCUT2D eigenvalue weighted by Gasteiger charge is 2.38. The fraction of sp³-hybridized carbons (Fsp3) is 0.118. The van der Waals surface area contributed by atoms with Gasteiger partial charge >= 0.3 is 6.18 Å². The highest BCUT2D eigenvalue weighted by Crippen LogP contribution is 2.36. The highest BCUT2D eigenvalue weighted by molar-refractivity contribution is 7.99. The predicted molar refractivity (Wildman–Crippen MR) is 94.7 cm³/mol. The minimum atomic E-state index is -4.77. The van der Waals surface area contributed by atoms with E-state index in [9.17, 15) is 22.7 Å². The van der Waals surface area contributed by atoms with Gasteiger partial charge in [-0.2, -0.15) is 13.2 Å². The van der Waals surface area contributed by atoms with Gasteiger partial charge in [0.05, 0.1) is 17.6 Å². The molecule has 0 fully saturated rings. The molecule has 2 heterocycles. The molecule has 1 N–H and O–H groups in total. The van der Waals surface area contributed by atoms with Crippen molar-refractivity contribution in [3.63, 3.8) is 0 Å². The van der Waals surface area contributed by atoms with E-state index >= 15 is 0 Å². The van der Waals surface area contributed by atoms with Gasteiger partial charge in [0.25, 0.3) is 0 Å². The van der Waals surface area contributed by atoms with Gasteiger partial charge in [-0.15, -0.1) is 10.2 Å². The lowest BCUT2D eigenvalue weighted by Crippen LogP contribution is -2.12. The molecule has 0 amide bonds. The molecule has 0 radical (unpaired) electrons. The average molecular weight is 429 g/mol. The quantitative estimate of drug-likeness (QED) is 0.478. The van der Waals surface area contributed by atoms with Gasteiger partial charge in [-0.25, -0.2) is 9.37 Å². The zero-order valence-electron chi connectivity index (χ0n) is 13.7. The van der Waals surface area contributed by atoms with E-state index < -0.39 is 24.4 Å². The van der Waals surface area contributed by atoms with Crippen molar-refractivity contribution in [2.24, 2.45) is 0 Å². The Bertz CT molecular complexity index is 1190. The minimum Gasteiger partial charge on any atom is -0.392 e. The van der Waals surface area contributed by atoms with Gasteiger partial charge in [0.1, 0.15) is 10.8 Å². The largest absolute Gasteiger partial charge is 0.452 e. The summed E-state index contributed by atoms with van der Waals surface area (Å²) in [7, 11) is 0. The SMILES string of the molecule is OCc1cc(Cl)cc2c1nc(Sc1ccc(F)cc1)c1nnc(C(F)(F)F)n12. The molecule has 0 saturated heterocycles. The summed E-state index contributed by atoms with van der Waals surface area (Å²) in [5.74, 6) is -1.68. The summed E-state index contributed by atoms with van der Waals surface area (Å²) in [6, 6.07) is 8.12. The van der Waals surface area contributed by atoms with Crippen LogP contribution in [0, 0.1) is 5.82 Å². The van der Waals surface area contributed by atoms with Crippen molar-refractivity contribution in [2.45, 2.75) is 22.7 Å². The van der Waals surface area contributed by atoms with E-state index in [1.807, 2.05) is 0 Å². The van der Waals surface area contributed by atoms with Gasteiger partial charge in [0, 0.05) is 15.5 Å². The van der Waals surface area contributed by atoms with Crippen LogP contribution in [0.4, 0.5) is 17.6 Å². The van der Waals surface area contributed by atoms with E-state index in [-0.39, 0.29) is 32.3 Å². The first-order valence-electron chi connectivity index (χ1n) is 7.76. The van der Waals surface area contributed by atoms with Crippen molar-refractivity contribution in [1.29, 1.82) is 0 Å². The number of halogens is 5. The number of hydrogen-bond donors (Lipinski definition) is 1. The number of aliphatic hydroxyl groups excluding tert-OH is 1. The van der Waals surface area contributed by atoms with Crippen LogP contribution in [0.5, 0.6) is 0 Å². The van der Waals surface area contributed by atoms with Gasteiger partial charge in [0.15, 0.2) is 5.65 Å². The molecular weight excluding hydrogens is 420 g/mol. The first-order valence-corrected chi connectivity index (χ1v) is 8.96. The molecule has 144 valence electrons. The summed E-state index contributed by atoms with van der Waals surface area (Å²) in [4.78, 5) is 4.94. The lowest BCUT2D eigenvalue weighted by atomic mass is 10.2. The minimum absolute atomic E-state index is 0.0207. The van der Waals surface area contributed by atoms with Crippen LogP contribution in [0.25, 0.3) is 16.7 Å². The molecule has 2 aromatic heterocycles. The molecule has 28 heavy (non-hydrogen) atoms. The van der Waals surface area contributed by atoms with E-state index in [1.165, 1.54) is 36.4 Å². The van der Waals surface area contributed by atoms with Gasteiger partial charge < -0.3 is 5.11 Å². The first-order chi connectivity index (χ1) is 13.3. The third kappa shape index (κ3) is 3.27. The van der Waals surface area contributed by atoms with Crippen LogP contribution in [0.2, 0.25) is 5.02 Å². The van der Waals surface area contributed by atoms with Gasteiger partial charge in [-0.1, -0.05) is 23.4 Å². The van der Waals surface area contributed by atoms with Crippen LogP contribution in [0.1, 0.15) is 11.4 Å². The molecule has 0 aliphatic carbocycles. The second-order valence-electron chi connectivity index (χ2n) is 5.74. The topological polar surface area (TPSA) is 63.3 Å². The molecule has 0 unspecified atom stereocenters. The molecule has 4 rings (SSSR count). The van der Waals surface area contributed by atoms with E-state index in [0.29, 0.717) is 4.90 Å². The number of benzene rings is 2. The Morgan fingerprint density at radius 3 is 2.46 bits per heavy atom. The Morgan fingerprint density at radius 1 is 1.11 bits per heavy atom. The molecule has 4 aromatic rings. The van der Waals surface area contributed by atoms with Crippen LogP contribution >= 0.6 is 23.4 Å². The second kappa shape index (κ2) is 6.87. The number of hydrogen-bond acceptors (Lipinski definition) is 5. The van der Waals surface area contributed by atoms with Crippen molar-refractivity contribution < 1.29 is 22.7 Å². The molecule has 0 aliphatic heterocycles. The summed E-state index contributed by atoms with van der Waals surface area (Å²) < 4.78 is 54.4. The number of alkyl halides is 3. The van der Waals surface area contributed by atoms with Crippen LogP contribution in [-0.2, 0) is 12.8 Å². The zero-order chi connectivity index (χ0) is 20.1.